The number of ether oxygens (including phenoxy) is 2. The minimum absolute atomic E-state index is 0.656. The number of nitrogens with zero attached hydrogens (tertiary/aromatic N) is 2. The van der Waals surface area contributed by atoms with Gasteiger partial charge in [0.25, 0.3) is 0 Å². The highest BCUT2D eigenvalue weighted by Gasteiger charge is 2.22. The van der Waals surface area contributed by atoms with Gasteiger partial charge in [0.15, 0.2) is 0 Å². The second-order valence-electron chi connectivity index (χ2n) is 6.91. The molecule has 28 heavy (non-hydrogen) atoms. The first-order valence-electron chi connectivity index (χ1n) is 9.51. The van der Waals surface area contributed by atoms with Crippen LogP contribution in [0, 0.1) is 0 Å². The lowest BCUT2D eigenvalue weighted by atomic mass is 10.0. The molecule has 1 aliphatic heterocycles. The molecule has 0 amide bonds. The van der Waals surface area contributed by atoms with Crippen LogP contribution in [0.3, 0.4) is 0 Å². The van der Waals surface area contributed by atoms with Crippen LogP contribution >= 0.6 is 11.6 Å². The summed E-state index contributed by atoms with van der Waals surface area (Å²) in [5.41, 5.74) is 4.36. The van der Waals surface area contributed by atoms with Gasteiger partial charge in [0, 0.05) is 23.6 Å². The molecule has 2 aromatic carbocycles. The molecule has 3 aromatic rings. The maximum absolute atomic E-state index is 6.28. The number of anilines is 1. The Hall–Kier alpha value is -2.66. The minimum atomic E-state index is 0.656. The summed E-state index contributed by atoms with van der Waals surface area (Å²) < 4.78 is 12.9. The Kier molecular flexibility index (Phi) is 5.44. The van der Waals surface area contributed by atoms with Gasteiger partial charge in [-0.3, -0.25) is 0 Å². The predicted molar refractivity (Wildman–Crippen MR) is 112 cm³/mol. The second kappa shape index (κ2) is 8.15. The lowest BCUT2D eigenvalue weighted by molar-refractivity contribution is 0.412. The van der Waals surface area contributed by atoms with Crippen LogP contribution in [-0.4, -0.2) is 30.5 Å². The van der Waals surface area contributed by atoms with Crippen LogP contribution in [0.2, 0.25) is 5.02 Å². The molecule has 0 fully saturated rings. The van der Waals surface area contributed by atoms with E-state index in [1.165, 1.54) is 11.1 Å². The Morgan fingerprint density at radius 2 is 2.00 bits per heavy atom. The molecule has 0 bridgehead atoms. The third-order valence-electron chi connectivity index (χ3n) is 5.09. The van der Waals surface area contributed by atoms with Crippen molar-refractivity contribution in [2.24, 2.45) is 0 Å². The Morgan fingerprint density at radius 3 is 2.82 bits per heavy atom. The van der Waals surface area contributed by atoms with Gasteiger partial charge in [-0.1, -0.05) is 23.7 Å². The van der Waals surface area contributed by atoms with E-state index in [1.807, 2.05) is 35.0 Å². The number of fused-ring (bicyclic) bond motifs is 1. The van der Waals surface area contributed by atoms with Crippen molar-refractivity contribution < 1.29 is 9.47 Å². The zero-order valence-corrected chi connectivity index (χ0v) is 16.9. The molecule has 0 spiro atoms. The SMILES string of the molecule is COc1cccc(Cc2nn(-c3cc(Cl)ccc3OC)c3c2CCCCN3)c1. The summed E-state index contributed by atoms with van der Waals surface area (Å²) >= 11 is 6.28. The van der Waals surface area contributed by atoms with Crippen molar-refractivity contribution in [2.45, 2.75) is 25.7 Å². The van der Waals surface area contributed by atoms with Crippen molar-refractivity contribution in [2.75, 3.05) is 26.1 Å². The molecular weight excluding hydrogens is 374 g/mol. The molecule has 5 nitrogen and oxygen atoms in total. The monoisotopic (exact) mass is 397 g/mol. The van der Waals surface area contributed by atoms with E-state index in [2.05, 4.69) is 17.4 Å². The van der Waals surface area contributed by atoms with Gasteiger partial charge < -0.3 is 14.8 Å². The number of aromatic nitrogens is 2. The van der Waals surface area contributed by atoms with Gasteiger partial charge in [-0.15, -0.1) is 0 Å². The van der Waals surface area contributed by atoms with E-state index in [1.54, 1.807) is 14.2 Å². The topological polar surface area (TPSA) is 48.3 Å². The molecule has 1 aliphatic rings. The first kappa shape index (κ1) is 18.7. The highest BCUT2D eigenvalue weighted by Crippen LogP contribution is 2.34. The third kappa shape index (κ3) is 3.67. The van der Waals surface area contributed by atoms with Crippen LogP contribution in [0.1, 0.15) is 29.7 Å². The van der Waals surface area contributed by atoms with Crippen molar-refractivity contribution >= 4 is 17.4 Å². The van der Waals surface area contributed by atoms with E-state index in [-0.39, 0.29) is 0 Å². The van der Waals surface area contributed by atoms with Gasteiger partial charge in [0.1, 0.15) is 23.0 Å². The highest BCUT2D eigenvalue weighted by atomic mass is 35.5. The summed E-state index contributed by atoms with van der Waals surface area (Å²) in [6.07, 6.45) is 4.03. The lowest BCUT2D eigenvalue weighted by Crippen LogP contribution is -2.08. The fraction of sp³-hybridized carbons (Fsp3) is 0.318. The summed E-state index contributed by atoms with van der Waals surface area (Å²) in [5.74, 6) is 2.64. The molecule has 0 radical (unpaired) electrons. The minimum Gasteiger partial charge on any atom is -0.497 e. The maximum atomic E-state index is 6.28. The lowest BCUT2D eigenvalue weighted by Gasteiger charge is -2.13. The number of nitrogens with one attached hydrogen (secondary N) is 1. The van der Waals surface area contributed by atoms with Gasteiger partial charge in [-0.2, -0.15) is 5.10 Å². The van der Waals surface area contributed by atoms with E-state index in [9.17, 15) is 0 Å². The maximum Gasteiger partial charge on any atom is 0.144 e. The molecule has 6 heteroatoms. The first-order valence-corrected chi connectivity index (χ1v) is 9.89. The Balaban J connectivity index is 1.81. The average Bonchev–Trinajstić information content (AvgIpc) is 2.89. The Bertz CT molecular complexity index is 984. The summed E-state index contributed by atoms with van der Waals surface area (Å²) in [6, 6.07) is 13.8. The van der Waals surface area contributed by atoms with Crippen molar-refractivity contribution in [3.8, 4) is 17.2 Å². The number of methoxy groups -OCH3 is 2. The van der Waals surface area contributed by atoms with Crippen LogP contribution in [0.4, 0.5) is 5.82 Å². The van der Waals surface area contributed by atoms with Crippen molar-refractivity contribution in [3.63, 3.8) is 0 Å². The van der Waals surface area contributed by atoms with E-state index in [4.69, 9.17) is 26.2 Å². The van der Waals surface area contributed by atoms with E-state index in [0.717, 1.165) is 60.9 Å². The van der Waals surface area contributed by atoms with Gasteiger partial charge >= 0.3 is 0 Å². The second-order valence-corrected chi connectivity index (χ2v) is 7.35. The fourth-order valence-electron chi connectivity index (χ4n) is 3.69. The smallest absolute Gasteiger partial charge is 0.144 e. The van der Waals surface area contributed by atoms with Gasteiger partial charge in [0.2, 0.25) is 0 Å². The van der Waals surface area contributed by atoms with Gasteiger partial charge in [-0.25, -0.2) is 4.68 Å². The number of hydrogen-bond donors (Lipinski definition) is 1. The van der Waals surface area contributed by atoms with Crippen molar-refractivity contribution in [3.05, 3.63) is 64.3 Å². The molecule has 2 heterocycles. The standard InChI is InChI=1S/C22H24ClN3O2/c1-27-17-7-5-6-15(12-17)13-19-18-8-3-4-11-24-22(18)26(25-19)20-14-16(23)9-10-21(20)28-2/h5-7,9-10,12,14,24H,3-4,8,11,13H2,1-2H3. The Morgan fingerprint density at radius 1 is 1.11 bits per heavy atom. The van der Waals surface area contributed by atoms with E-state index >= 15 is 0 Å². The quantitative estimate of drug-likeness (QED) is 0.666. The van der Waals surface area contributed by atoms with Crippen LogP contribution in [0.5, 0.6) is 11.5 Å². The molecular formula is C22H24ClN3O2. The molecule has 0 aliphatic carbocycles. The summed E-state index contributed by atoms with van der Waals surface area (Å²) in [6.45, 7) is 0.931. The number of benzene rings is 2. The van der Waals surface area contributed by atoms with Gasteiger partial charge in [0.05, 0.1) is 19.9 Å². The summed E-state index contributed by atoms with van der Waals surface area (Å²) in [5, 5.41) is 9.20. The van der Waals surface area contributed by atoms with Crippen molar-refractivity contribution in [1.82, 2.24) is 9.78 Å². The van der Waals surface area contributed by atoms with Crippen LogP contribution < -0.4 is 14.8 Å². The average molecular weight is 398 g/mol. The largest absolute Gasteiger partial charge is 0.497 e. The van der Waals surface area contributed by atoms with E-state index < -0.39 is 0 Å². The molecule has 0 unspecified atom stereocenters. The molecule has 4 rings (SSSR count). The molecule has 1 N–H and O–H groups in total. The summed E-state index contributed by atoms with van der Waals surface area (Å²) in [4.78, 5) is 0. The number of rotatable bonds is 5. The van der Waals surface area contributed by atoms with Gasteiger partial charge in [-0.05, 0) is 55.2 Å². The number of hydrogen-bond acceptors (Lipinski definition) is 4. The fourth-order valence-corrected chi connectivity index (χ4v) is 3.86. The normalized spacial score (nSPS) is 13.4. The van der Waals surface area contributed by atoms with E-state index in [0.29, 0.717) is 5.02 Å². The van der Waals surface area contributed by atoms with Crippen molar-refractivity contribution in [1.29, 1.82) is 0 Å². The molecule has 146 valence electrons. The molecule has 0 saturated carbocycles. The highest BCUT2D eigenvalue weighted by molar-refractivity contribution is 6.30. The Labute approximate surface area is 170 Å². The predicted octanol–water partition coefficient (Wildman–Crippen LogP) is 4.88. The number of halogens is 1. The van der Waals surface area contributed by atoms with Crippen LogP contribution in [-0.2, 0) is 12.8 Å². The van der Waals surface area contributed by atoms with Crippen LogP contribution in [0.15, 0.2) is 42.5 Å². The molecule has 1 aromatic heterocycles. The molecule has 0 atom stereocenters. The zero-order valence-electron chi connectivity index (χ0n) is 16.2. The third-order valence-corrected chi connectivity index (χ3v) is 5.32. The first-order chi connectivity index (χ1) is 13.7. The molecule has 0 saturated heterocycles. The summed E-state index contributed by atoms with van der Waals surface area (Å²) in [7, 11) is 3.36. The van der Waals surface area contributed by atoms with Crippen LogP contribution in [0.25, 0.3) is 5.69 Å². The zero-order chi connectivity index (χ0) is 19.5.